The van der Waals surface area contributed by atoms with Crippen LogP contribution in [-0.2, 0) is 15.2 Å². The predicted molar refractivity (Wildman–Crippen MR) is 91.1 cm³/mol. The van der Waals surface area contributed by atoms with E-state index >= 15 is 0 Å². The number of thiophene rings is 1. The summed E-state index contributed by atoms with van der Waals surface area (Å²) in [6.07, 6.45) is 7.67. The van der Waals surface area contributed by atoms with Crippen LogP contribution in [0.2, 0.25) is 0 Å². The zero-order valence-electron chi connectivity index (χ0n) is 13.4. The number of amides is 2. The molecule has 0 spiro atoms. The first kappa shape index (κ1) is 17.7. The highest BCUT2D eigenvalue weighted by Gasteiger charge is 2.26. The summed E-state index contributed by atoms with van der Waals surface area (Å²) in [6, 6.07) is 3.64. The van der Waals surface area contributed by atoms with E-state index in [0.29, 0.717) is 6.54 Å². The lowest BCUT2D eigenvalue weighted by Gasteiger charge is -2.22. The zero-order valence-corrected chi connectivity index (χ0v) is 14.2. The average Bonchev–Trinajstić information content (AvgIpc) is 3.09. The van der Waals surface area contributed by atoms with Crippen LogP contribution in [0.15, 0.2) is 29.2 Å². The molecule has 1 atom stereocenters. The second-order valence-corrected chi connectivity index (χ2v) is 7.00. The highest BCUT2D eigenvalue weighted by atomic mass is 32.1. The maximum Gasteiger partial charge on any atom is 0.309 e. The van der Waals surface area contributed by atoms with Crippen LogP contribution in [0.25, 0.3) is 0 Å². The molecule has 1 aliphatic carbocycles. The summed E-state index contributed by atoms with van der Waals surface area (Å²) < 4.78 is 0. The van der Waals surface area contributed by atoms with E-state index in [1.54, 1.807) is 13.0 Å². The molecule has 5 nitrogen and oxygen atoms in total. The van der Waals surface area contributed by atoms with Gasteiger partial charge in [0.2, 0.25) is 0 Å². The maximum absolute atomic E-state index is 11.8. The molecular weight excluding hydrogens is 312 g/mol. The molecule has 1 aromatic heterocycles. The summed E-state index contributed by atoms with van der Waals surface area (Å²) in [5, 5.41) is 17.3. The van der Waals surface area contributed by atoms with Gasteiger partial charge in [-0.15, -0.1) is 11.3 Å². The lowest BCUT2D eigenvalue weighted by Crippen LogP contribution is -2.45. The van der Waals surface area contributed by atoms with Crippen molar-refractivity contribution in [2.24, 2.45) is 0 Å². The quantitative estimate of drug-likeness (QED) is 0.550. The smallest absolute Gasteiger partial charge is 0.309 e. The molecule has 3 N–H and O–H groups in total. The third kappa shape index (κ3) is 5.48. The molecular formula is C17H24N2O3S. The van der Waals surface area contributed by atoms with E-state index in [0.717, 1.165) is 24.1 Å². The van der Waals surface area contributed by atoms with Crippen LogP contribution >= 0.6 is 11.3 Å². The first-order valence-corrected chi connectivity index (χ1v) is 8.87. The first-order chi connectivity index (χ1) is 11.0. The Morgan fingerprint density at radius 1 is 1.30 bits per heavy atom. The molecule has 1 aliphatic rings. The van der Waals surface area contributed by atoms with E-state index in [1.807, 2.05) is 11.4 Å². The monoisotopic (exact) mass is 336 g/mol. The Morgan fingerprint density at radius 3 is 2.74 bits per heavy atom. The molecule has 0 unspecified atom stereocenters. The Bertz CT molecular complexity index is 564. The maximum atomic E-state index is 11.8. The van der Waals surface area contributed by atoms with Crippen LogP contribution in [-0.4, -0.2) is 30.0 Å². The third-order valence-electron chi connectivity index (χ3n) is 3.97. The molecule has 0 fully saturated rings. The van der Waals surface area contributed by atoms with E-state index in [-0.39, 0.29) is 6.54 Å². The van der Waals surface area contributed by atoms with Crippen molar-refractivity contribution in [1.82, 2.24) is 10.6 Å². The minimum atomic E-state index is -1.17. The van der Waals surface area contributed by atoms with Gasteiger partial charge in [-0.1, -0.05) is 17.7 Å². The van der Waals surface area contributed by atoms with Crippen molar-refractivity contribution >= 4 is 23.2 Å². The molecule has 0 saturated heterocycles. The Hall–Kier alpha value is -1.66. The molecule has 0 aliphatic heterocycles. The molecule has 0 aromatic carbocycles. The first-order valence-electron chi connectivity index (χ1n) is 7.99. The predicted octanol–water partition coefficient (Wildman–Crippen LogP) is 2.08. The van der Waals surface area contributed by atoms with Crippen LogP contribution in [0.4, 0.5) is 0 Å². The fourth-order valence-corrected chi connectivity index (χ4v) is 3.34. The SMILES string of the molecule is C[C@](O)(CNC(=O)C(=O)NCCC1=CCCCC1)c1cccs1. The summed E-state index contributed by atoms with van der Waals surface area (Å²) in [5.41, 5.74) is 0.189. The van der Waals surface area contributed by atoms with Gasteiger partial charge in [-0.05, 0) is 50.5 Å². The van der Waals surface area contributed by atoms with Crippen LogP contribution in [0.3, 0.4) is 0 Å². The molecule has 0 radical (unpaired) electrons. The topological polar surface area (TPSA) is 78.4 Å². The Morgan fingerprint density at radius 2 is 2.09 bits per heavy atom. The average molecular weight is 336 g/mol. The van der Waals surface area contributed by atoms with E-state index in [1.165, 1.54) is 29.8 Å². The molecule has 126 valence electrons. The largest absolute Gasteiger partial charge is 0.383 e. The lowest BCUT2D eigenvalue weighted by atomic mass is 9.97. The minimum absolute atomic E-state index is 0.00488. The number of carbonyl (C=O) groups is 2. The van der Waals surface area contributed by atoms with Crippen LogP contribution < -0.4 is 10.6 Å². The number of aliphatic hydroxyl groups is 1. The summed E-state index contributed by atoms with van der Waals surface area (Å²) in [5.74, 6) is -1.36. The number of allylic oxidation sites excluding steroid dienone is 1. The molecule has 0 saturated carbocycles. The van der Waals surface area contributed by atoms with Gasteiger partial charge in [0.1, 0.15) is 5.60 Å². The van der Waals surface area contributed by atoms with Gasteiger partial charge in [-0.3, -0.25) is 9.59 Å². The highest BCUT2D eigenvalue weighted by Crippen LogP contribution is 2.24. The van der Waals surface area contributed by atoms with Gasteiger partial charge in [0.25, 0.3) is 0 Å². The number of rotatable bonds is 6. The molecule has 1 aromatic rings. The number of hydrogen-bond donors (Lipinski definition) is 3. The summed E-state index contributed by atoms with van der Waals surface area (Å²) in [4.78, 5) is 24.3. The molecule has 1 heterocycles. The van der Waals surface area contributed by atoms with Crippen LogP contribution in [0.1, 0.15) is 43.9 Å². The van der Waals surface area contributed by atoms with Crippen molar-refractivity contribution in [2.45, 2.75) is 44.6 Å². The fourth-order valence-electron chi connectivity index (χ4n) is 2.55. The van der Waals surface area contributed by atoms with Gasteiger partial charge >= 0.3 is 11.8 Å². The van der Waals surface area contributed by atoms with Gasteiger partial charge in [0.15, 0.2) is 0 Å². The van der Waals surface area contributed by atoms with Crippen LogP contribution in [0, 0.1) is 0 Å². The number of nitrogens with one attached hydrogen (secondary N) is 2. The van der Waals surface area contributed by atoms with Gasteiger partial charge in [0, 0.05) is 11.4 Å². The van der Waals surface area contributed by atoms with E-state index < -0.39 is 17.4 Å². The van der Waals surface area contributed by atoms with Crippen molar-refractivity contribution in [3.63, 3.8) is 0 Å². The van der Waals surface area contributed by atoms with Gasteiger partial charge in [-0.25, -0.2) is 0 Å². The highest BCUT2D eigenvalue weighted by molar-refractivity contribution is 7.10. The summed E-state index contributed by atoms with van der Waals surface area (Å²) in [7, 11) is 0. The van der Waals surface area contributed by atoms with E-state index in [2.05, 4.69) is 16.7 Å². The zero-order chi connectivity index (χ0) is 16.7. The van der Waals surface area contributed by atoms with Crippen molar-refractivity contribution in [2.75, 3.05) is 13.1 Å². The molecule has 0 bridgehead atoms. The van der Waals surface area contributed by atoms with Crippen molar-refractivity contribution in [3.05, 3.63) is 34.0 Å². The van der Waals surface area contributed by atoms with Crippen LogP contribution in [0.5, 0.6) is 0 Å². The minimum Gasteiger partial charge on any atom is -0.383 e. The normalized spacial score (nSPS) is 17.0. The van der Waals surface area contributed by atoms with Crippen molar-refractivity contribution in [3.8, 4) is 0 Å². The number of carbonyl (C=O) groups excluding carboxylic acids is 2. The van der Waals surface area contributed by atoms with Gasteiger partial charge in [-0.2, -0.15) is 0 Å². The second kappa shape index (κ2) is 8.26. The Kier molecular flexibility index (Phi) is 6.36. The molecule has 2 rings (SSSR count). The lowest BCUT2D eigenvalue weighted by molar-refractivity contribution is -0.139. The van der Waals surface area contributed by atoms with Crippen molar-refractivity contribution < 1.29 is 14.7 Å². The number of hydrogen-bond acceptors (Lipinski definition) is 4. The Balaban J connectivity index is 1.70. The van der Waals surface area contributed by atoms with Gasteiger partial charge in [0.05, 0.1) is 6.54 Å². The van der Waals surface area contributed by atoms with Crippen molar-refractivity contribution in [1.29, 1.82) is 0 Å². The van der Waals surface area contributed by atoms with E-state index in [9.17, 15) is 14.7 Å². The molecule has 23 heavy (non-hydrogen) atoms. The third-order valence-corrected chi connectivity index (χ3v) is 5.09. The molecule has 2 amide bonds. The summed E-state index contributed by atoms with van der Waals surface area (Å²) >= 11 is 1.41. The Labute approximate surface area is 140 Å². The van der Waals surface area contributed by atoms with Gasteiger partial charge < -0.3 is 15.7 Å². The van der Waals surface area contributed by atoms with E-state index in [4.69, 9.17) is 0 Å². The second-order valence-electron chi connectivity index (χ2n) is 6.05. The summed E-state index contributed by atoms with van der Waals surface area (Å²) in [6.45, 7) is 2.09. The molecule has 6 heteroatoms. The fraction of sp³-hybridized carbons (Fsp3) is 0.529. The standard InChI is InChI=1S/C17H24N2O3S/c1-17(22,14-8-5-11-23-14)12-19-16(21)15(20)18-10-9-13-6-3-2-4-7-13/h5-6,8,11,22H,2-4,7,9-10,12H2,1H3,(H,18,20)(H,19,21)/t17-/m0/s1.